The zero-order chi connectivity index (χ0) is 19.3. The van der Waals surface area contributed by atoms with Gasteiger partial charge in [0.15, 0.2) is 0 Å². The molecule has 6 nitrogen and oxygen atoms in total. The molecule has 5 rings (SSSR count). The molecule has 2 atom stereocenters. The third-order valence-electron chi connectivity index (χ3n) is 5.58. The standard InChI is InChI=1S/C21H20N2O4S/c1-11-12-6-2-4-8-14(12)27-18(11)21(25)26-10-16-22-19(24)17-13-7-3-5-9-15(13)28-20(17)23-16/h2,4,6,8,17,20H,3,5,7,9-10H2,1H3,(H,22,23,24)/t17-,20+/m0/s1. The fourth-order valence-corrected chi connectivity index (χ4v) is 5.72. The molecule has 0 unspecified atom stereocenters. The Morgan fingerprint density at radius 3 is 3.00 bits per heavy atom. The van der Waals surface area contributed by atoms with Crippen LogP contribution in [0.2, 0.25) is 0 Å². The molecule has 1 aromatic heterocycles. The highest BCUT2D eigenvalue weighted by molar-refractivity contribution is 8.04. The van der Waals surface area contributed by atoms with Crippen molar-refractivity contribution >= 4 is 40.4 Å². The number of rotatable bonds is 3. The monoisotopic (exact) mass is 396 g/mol. The first kappa shape index (κ1) is 17.6. The maximum absolute atomic E-state index is 12.6. The maximum Gasteiger partial charge on any atom is 0.375 e. The number of ether oxygens (including phenoxy) is 1. The third-order valence-corrected chi connectivity index (χ3v) is 6.95. The molecule has 0 saturated heterocycles. The molecule has 0 radical (unpaired) electrons. The Labute approximate surface area is 166 Å². The number of nitrogens with zero attached hydrogens (tertiary/aromatic N) is 1. The molecule has 28 heavy (non-hydrogen) atoms. The summed E-state index contributed by atoms with van der Waals surface area (Å²) in [5.74, 6) is -0.165. The number of amidine groups is 1. The Morgan fingerprint density at radius 1 is 1.32 bits per heavy atom. The first-order valence-electron chi connectivity index (χ1n) is 9.53. The zero-order valence-electron chi connectivity index (χ0n) is 15.5. The van der Waals surface area contributed by atoms with Gasteiger partial charge in [-0.25, -0.2) is 4.79 Å². The van der Waals surface area contributed by atoms with Crippen molar-refractivity contribution < 1.29 is 18.7 Å². The number of aliphatic imine (C=N–C) groups is 1. The number of carbonyl (C=O) groups excluding carboxylic acids is 2. The van der Waals surface area contributed by atoms with E-state index < -0.39 is 5.97 Å². The number of amides is 1. The number of furan rings is 1. The molecule has 1 N–H and O–H groups in total. The average molecular weight is 396 g/mol. The van der Waals surface area contributed by atoms with Gasteiger partial charge in [-0.1, -0.05) is 18.2 Å². The fraction of sp³-hybridized carbons (Fsp3) is 0.381. The molecule has 3 aliphatic rings. The van der Waals surface area contributed by atoms with Crippen LogP contribution in [-0.2, 0) is 9.53 Å². The number of nitrogens with one attached hydrogen (secondary N) is 1. The maximum atomic E-state index is 12.6. The number of thioether (sulfide) groups is 1. The van der Waals surface area contributed by atoms with Gasteiger partial charge in [0.25, 0.3) is 0 Å². The first-order chi connectivity index (χ1) is 13.6. The minimum absolute atomic E-state index is 0.0367. The number of hydrogen-bond acceptors (Lipinski definition) is 6. The van der Waals surface area contributed by atoms with Crippen LogP contribution in [0.25, 0.3) is 11.0 Å². The van der Waals surface area contributed by atoms with E-state index in [-0.39, 0.29) is 29.6 Å². The summed E-state index contributed by atoms with van der Waals surface area (Å²) in [6, 6.07) is 7.48. The van der Waals surface area contributed by atoms with E-state index in [1.165, 1.54) is 16.9 Å². The third kappa shape index (κ3) is 2.85. The van der Waals surface area contributed by atoms with Crippen molar-refractivity contribution in [2.75, 3.05) is 6.61 Å². The lowest BCUT2D eigenvalue weighted by molar-refractivity contribution is -0.122. The van der Waals surface area contributed by atoms with Crippen LogP contribution in [-0.4, -0.2) is 29.7 Å². The van der Waals surface area contributed by atoms with Gasteiger partial charge in [0.05, 0.1) is 5.92 Å². The van der Waals surface area contributed by atoms with Crippen molar-refractivity contribution in [2.45, 2.75) is 38.0 Å². The second-order valence-corrected chi connectivity index (χ2v) is 8.55. The molecule has 0 bridgehead atoms. The van der Waals surface area contributed by atoms with Gasteiger partial charge < -0.3 is 14.5 Å². The van der Waals surface area contributed by atoms with Gasteiger partial charge in [0, 0.05) is 10.9 Å². The van der Waals surface area contributed by atoms with Crippen LogP contribution in [0.4, 0.5) is 0 Å². The molecule has 1 aromatic carbocycles. The number of aryl methyl sites for hydroxylation is 1. The number of benzene rings is 1. The summed E-state index contributed by atoms with van der Waals surface area (Å²) < 4.78 is 11.0. The normalized spacial score (nSPS) is 23.9. The highest BCUT2D eigenvalue weighted by Crippen LogP contribution is 2.50. The molecule has 2 aliphatic heterocycles. The van der Waals surface area contributed by atoms with E-state index >= 15 is 0 Å². The molecular formula is C21H20N2O4S. The van der Waals surface area contributed by atoms with E-state index in [0.717, 1.165) is 30.2 Å². The number of para-hydroxylation sites is 1. The van der Waals surface area contributed by atoms with E-state index in [4.69, 9.17) is 9.15 Å². The molecule has 2 aromatic rings. The molecule has 1 aliphatic carbocycles. The summed E-state index contributed by atoms with van der Waals surface area (Å²) in [7, 11) is 0. The average Bonchev–Trinajstić information content (AvgIpc) is 3.24. The van der Waals surface area contributed by atoms with Gasteiger partial charge in [0.1, 0.15) is 23.4 Å². The van der Waals surface area contributed by atoms with Gasteiger partial charge in [-0.15, -0.1) is 11.8 Å². The summed E-state index contributed by atoms with van der Waals surface area (Å²) in [6.45, 7) is 1.76. The van der Waals surface area contributed by atoms with Crippen LogP contribution in [0.1, 0.15) is 41.8 Å². The molecular weight excluding hydrogens is 376 g/mol. The molecule has 0 spiro atoms. The predicted molar refractivity (Wildman–Crippen MR) is 107 cm³/mol. The summed E-state index contributed by atoms with van der Waals surface area (Å²) in [5, 5.41) is 3.59. The largest absolute Gasteiger partial charge is 0.452 e. The van der Waals surface area contributed by atoms with Crippen LogP contribution in [0.3, 0.4) is 0 Å². The SMILES string of the molecule is Cc1c(C(=O)OCC2=N[C@@H]3SC4=C(CCCC4)[C@H]3C(=O)N2)oc2ccccc12. The lowest BCUT2D eigenvalue weighted by atomic mass is 9.88. The lowest BCUT2D eigenvalue weighted by Gasteiger charge is -2.25. The van der Waals surface area contributed by atoms with Crippen molar-refractivity contribution in [3.8, 4) is 0 Å². The van der Waals surface area contributed by atoms with Gasteiger partial charge in [0.2, 0.25) is 11.7 Å². The van der Waals surface area contributed by atoms with Crippen LogP contribution in [0.15, 0.2) is 44.2 Å². The summed E-state index contributed by atoms with van der Waals surface area (Å²) in [5.41, 5.74) is 2.66. The van der Waals surface area contributed by atoms with Crippen molar-refractivity contribution in [1.82, 2.24) is 5.32 Å². The minimum Gasteiger partial charge on any atom is -0.452 e. The van der Waals surface area contributed by atoms with Crippen molar-refractivity contribution in [3.63, 3.8) is 0 Å². The van der Waals surface area contributed by atoms with Gasteiger partial charge in [-0.2, -0.15) is 0 Å². The van der Waals surface area contributed by atoms with Crippen molar-refractivity contribution in [1.29, 1.82) is 0 Å². The number of fused-ring (bicyclic) bond motifs is 3. The van der Waals surface area contributed by atoms with Crippen molar-refractivity contribution in [2.24, 2.45) is 10.9 Å². The number of carbonyl (C=O) groups is 2. The number of esters is 1. The lowest BCUT2D eigenvalue weighted by Crippen LogP contribution is -2.46. The van der Waals surface area contributed by atoms with E-state index in [0.29, 0.717) is 11.4 Å². The van der Waals surface area contributed by atoms with Gasteiger partial charge in [-0.3, -0.25) is 9.79 Å². The molecule has 1 amide bonds. The second-order valence-electron chi connectivity index (χ2n) is 7.34. The number of allylic oxidation sites excluding steroid dienone is 1. The summed E-state index contributed by atoms with van der Waals surface area (Å²) in [4.78, 5) is 31.1. The Hall–Kier alpha value is -2.54. The minimum atomic E-state index is -0.552. The van der Waals surface area contributed by atoms with Gasteiger partial charge in [-0.05, 0) is 49.2 Å². The molecule has 3 heterocycles. The Balaban J connectivity index is 1.30. The Morgan fingerprint density at radius 2 is 2.14 bits per heavy atom. The van der Waals surface area contributed by atoms with Crippen LogP contribution >= 0.6 is 11.8 Å². The molecule has 7 heteroatoms. The van der Waals surface area contributed by atoms with E-state index in [2.05, 4.69) is 10.3 Å². The Kier molecular flexibility index (Phi) is 4.27. The molecule has 144 valence electrons. The predicted octanol–water partition coefficient (Wildman–Crippen LogP) is 3.94. The van der Waals surface area contributed by atoms with Gasteiger partial charge >= 0.3 is 5.97 Å². The number of hydrogen-bond donors (Lipinski definition) is 1. The van der Waals surface area contributed by atoms with Crippen LogP contribution in [0.5, 0.6) is 0 Å². The van der Waals surface area contributed by atoms with Crippen LogP contribution < -0.4 is 5.32 Å². The second kappa shape index (κ2) is 6.81. The van der Waals surface area contributed by atoms with E-state index in [9.17, 15) is 9.59 Å². The zero-order valence-corrected chi connectivity index (χ0v) is 16.3. The van der Waals surface area contributed by atoms with E-state index in [1.807, 2.05) is 31.2 Å². The molecule has 0 saturated carbocycles. The summed E-state index contributed by atoms with van der Waals surface area (Å²) >= 11 is 1.69. The highest BCUT2D eigenvalue weighted by atomic mass is 32.2. The summed E-state index contributed by atoms with van der Waals surface area (Å²) in [6.07, 6.45) is 4.35. The van der Waals surface area contributed by atoms with Crippen LogP contribution in [0, 0.1) is 12.8 Å². The quantitative estimate of drug-likeness (QED) is 0.795. The topological polar surface area (TPSA) is 80.9 Å². The smallest absolute Gasteiger partial charge is 0.375 e. The fourth-order valence-electron chi connectivity index (χ4n) is 4.19. The first-order valence-corrected chi connectivity index (χ1v) is 10.4. The van der Waals surface area contributed by atoms with Crippen molar-refractivity contribution in [3.05, 3.63) is 46.1 Å². The Bertz CT molecular complexity index is 1050. The van der Waals surface area contributed by atoms with E-state index in [1.54, 1.807) is 11.8 Å². The highest BCUT2D eigenvalue weighted by Gasteiger charge is 2.43. The molecule has 0 fully saturated rings.